The van der Waals surface area contributed by atoms with E-state index in [4.69, 9.17) is 28.2 Å². The number of hydrogen-bond donors (Lipinski definition) is 0. The van der Waals surface area contributed by atoms with Gasteiger partial charge in [0.2, 0.25) is 0 Å². The summed E-state index contributed by atoms with van der Waals surface area (Å²) in [6.45, 7) is 0. The summed E-state index contributed by atoms with van der Waals surface area (Å²) in [5, 5.41) is 2.80. The van der Waals surface area contributed by atoms with Crippen molar-refractivity contribution in [2.75, 3.05) is 0 Å². The number of thiophene rings is 1. The molecular formula is C22H16Cl2N2OS2. The maximum Gasteiger partial charge on any atom is 0.267 e. The van der Waals surface area contributed by atoms with Crippen LogP contribution in [0.3, 0.4) is 0 Å². The molecule has 0 bridgehead atoms. The van der Waals surface area contributed by atoms with Crippen LogP contribution in [0.25, 0.3) is 15.9 Å². The Kier molecular flexibility index (Phi) is 5.16. The van der Waals surface area contributed by atoms with Gasteiger partial charge < -0.3 is 0 Å². The Labute approximate surface area is 186 Å². The van der Waals surface area contributed by atoms with Gasteiger partial charge in [-0.25, -0.2) is 4.98 Å². The highest BCUT2D eigenvalue weighted by Gasteiger charge is 2.24. The predicted molar refractivity (Wildman–Crippen MR) is 123 cm³/mol. The van der Waals surface area contributed by atoms with Crippen molar-refractivity contribution in [3.63, 3.8) is 0 Å². The van der Waals surface area contributed by atoms with E-state index in [0.29, 0.717) is 15.9 Å². The van der Waals surface area contributed by atoms with E-state index in [9.17, 15) is 4.79 Å². The van der Waals surface area contributed by atoms with E-state index < -0.39 is 0 Å². The van der Waals surface area contributed by atoms with Crippen LogP contribution in [0.1, 0.15) is 22.4 Å². The molecule has 146 valence electrons. The minimum atomic E-state index is -0.00150. The van der Waals surface area contributed by atoms with Crippen molar-refractivity contribution in [2.24, 2.45) is 0 Å². The smallest absolute Gasteiger partial charge is 0.267 e. The number of hydrogen-bond acceptors (Lipinski definition) is 4. The summed E-state index contributed by atoms with van der Waals surface area (Å²) in [6.07, 6.45) is 3.11. The van der Waals surface area contributed by atoms with Gasteiger partial charge in [-0.15, -0.1) is 11.3 Å². The van der Waals surface area contributed by atoms with Gasteiger partial charge in [-0.3, -0.25) is 9.36 Å². The Morgan fingerprint density at radius 1 is 1.07 bits per heavy atom. The number of fused-ring (bicyclic) bond motifs is 3. The number of thioether (sulfide) groups is 1. The molecule has 1 aliphatic carbocycles. The number of nitrogens with zero attached hydrogens (tertiary/aromatic N) is 2. The third-order valence-corrected chi connectivity index (χ3v) is 7.90. The third kappa shape index (κ3) is 3.50. The van der Waals surface area contributed by atoms with Gasteiger partial charge in [-0.05, 0) is 60.7 Å². The second-order valence-electron chi connectivity index (χ2n) is 6.93. The van der Waals surface area contributed by atoms with E-state index in [1.165, 1.54) is 22.2 Å². The molecule has 3 nitrogen and oxygen atoms in total. The van der Waals surface area contributed by atoms with Gasteiger partial charge in [0, 0.05) is 20.7 Å². The average Bonchev–Trinajstić information content (AvgIpc) is 3.29. The molecule has 0 aliphatic heterocycles. The first kappa shape index (κ1) is 19.2. The molecule has 5 rings (SSSR count). The summed E-state index contributed by atoms with van der Waals surface area (Å²) in [5.74, 6) is 0.635. The van der Waals surface area contributed by atoms with Gasteiger partial charge in [-0.1, -0.05) is 53.2 Å². The third-order valence-electron chi connectivity index (χ3n) is 5.11. The summed E-state index contributed by atoms with van der Waals surface area (Å²) in [5.41, 5.74) is 2.98. The van der Waals surface area contributed by atoms with Gasteiger partial charge in [0.05, 0.1) is 11.1 Å². The average molecular weight is 459 g/mol. The number of rotatable bonds is 4. The monoisotopic (exact) mass is 458 g/mol. The topological polar surface area (TPSA) is 34.9 Å². The van der Waals surface area contributed by atoms with Gasteiger partial charge in [-0.2, -0.15) is 0 Å². The van der Waals surface area contributed by atoms with Crippen LogP contribution in [0.4, 0.5) is 0 Å². The number of benzene rings is 2. The predicted octanol–water partition coefficient (Wildman–Crippen LogP) is 6.54. The largest absolute Gasteiger partial charge is 0.268 e. The molecule has 7 heteroatoms. The quantitative estimate of drug-likeness (QED) is 0.257. The summed E-state index contributed by atoms with van der Waals surface area (Å²) in [7, 11) is 0. The first-order valence-corrected chi connectivity index (χ1v) is 11.9. The molecular weight excluding hydrogens is 443 g/mol. The number of aromatic nitrogens is 2. The minimum absolute atomic E-state index is 0.00150. The van der Waals surface area contributed by atoms with E-state index in [1.54, 1.807) is 28.0 Å². The van der Waals surface area contributed by atoms with Crippen LogP contribution in [-0.2, 0) is 18.6 Å². The summed E-state index contributed by atoms with van der Waals surface area (Å²) < 4.78 is 1.71. The molecule has 2 aromatic heterocycles. The lowest BCUT2D eigenvalue weighted by Gasteiger charge is -2.13. The van der Waals surface area contributed by atoms with Gasteiger partial charge >= 0.3 is 0 Å². The standard InChI is InChI=1S/C22H16Cl2N2OS2/c23-14-8-10-15(11-9-14)26-21(27)19-16-5-3-7-18(16)29-20(19)25-22(26)28-12-13-4-1-2-6-17(13)24/h1-2,4,6,8-11H,3,5,7,12H2. The fourth-order valence-corrected chi connectivity index (χ4v) is 6.42. The Balaban J connectivity index is 1.67. The van der Waals surface area contributed by atoms with Gasteiger partial charge in [0.1, 0.15) is 4.83 Å². The molecule has 0 unspecified atom stereocenters. The maximum absolute atomic E-state index is 13.6. The van der Waals surface area contributed by atoms with Crippen LogP contribution in [0.2, 0.25) is 10.0 Å². The minimum Gasteiger partial charge on any atom is -0.268 e. The molecule has 0 saturated heterocycles. The van der Waals surface area contributed by atoms with E-state index in [0.717, 1.165) is 45.8 Å². The maximum atomic E-state index is 13.6. The molecule has 0 amide bonds. The molecule has 2 heterocycles. The van der Waals surface area contributed by atoms with Crippen molar-refractivity contribution in [1.29, 1.82) is 0 Å². The van der Waals surface area contributed by atoms with Gasteiger partial charge in [0.25, 0.3) is 5.56 Å². The molecule has 1 aliphatic rings. The highest BCUT2D eigenvalue weighted by atomic mass is 35.5. The Bertz CT molecular complexity index is 1280. The van der Waals surface area contributed by atoms with Crippen molar-refractivity contribution < 1.29 is 0 Å². The molecule has 29 heavy (non-hydrogen) atoms. The highest BCUT2D eigenvalue weighted by molar-refractivity contribution is 7.98. The van der Waals surface area contributed by atoms with Crippen molar-refractivity contribution in [3.8, 4) is 5.69 Å². The summed E-state index contributed by atoms with van der Waals surface area (Å²) >= 11 is 15.6. The first-order valence-electron chi connectivity index (χ1n) is 9.31. The van der Waals surface area contributed by atoms with Crippen LogP contribution in [0, 0.1) is 0 Å². The van der Waals surface area contributed by atoms with Crippen LogP contribution in [0.5, 0.6) is 0 Å². The second-order valence-corrected chi connectivity index (χ2v) is 9.80. The van der Waals surface area contributed by atoms with E-state index in [1.807, 2.05) is 36.4 Å². The van der Waals surface area contributed by atoms with Crippen molar-refractivity contribution in [3.05, 3.63) is 84.9 Å². The second kappa shape index (κ2) is 7.80. The Morgan fingerprint density at radius 3 is 2.66 bits per heavy atom. The first-order chi connectivity index (χ1) is 14.1. The highest BCUT2D eigenvalue weighted by Crippen LogP contribution is 2.36. The fraction of sp³-hybridized carbons (Fsp3) is 0.182. The van der Waals surface area contributed by atoms with Crippen molar-refractivity contribution in [1.82, 2.24) is 9.55 Å². The SMILES string of the molecule is O=c1c2c3c(sc2nc(SCc2ccccc2Cl)n1-c1ccc(Cl)cc1)CCC3. The molecule has 0 N–H and O–H groups in total. The van der Waals surface area contributed by atoms with Crippen molar-refractivity contribution >= 4 is 56.5 Å². The van der Waals surface area contributed by atoms with Gasteiger partial charge in [0.15, 0.2) is 5.16 Å². The Hall–Kier alpha value is -1.79. The molecule has 0 fully saturated rings. The zero-order valence-electron chi connectivity index (χ0n) is 15.3. The van der Waals surface area contributed by atoms with Crippen LogP contribution in [-0.4, -0.2) is 9.55 Å². The molecule has 2 aromatic carbocycles. The summed E-state index contributed by atoms with van der Waals surface area (Å²) in [4.78, 5) is 20.6. The van der Waals surface area contributed by atoms with Crippen molar-refractivity contribution in [2.45, 2.75) is 30.2 Å². The van der Waals surface area contributed by atoms with E-state index >= 15 is 0 Å². The lowest BCUT2D eigenvalue weighted by molar-refractivity contribution is 0.820. The Morgan fingerprint density at radius 2 is 1.86 bits per heavy atom. The van der Waals surface area contributed by atoms with Crippen LogP contribution in [0.15, 0.2) is 58.5 Å². The van der Waals surface area contributed by atoms with E-state index in [2.05, 4.69) is 0 Å². The van der Waals surface area contributed by atoms with E-state index in [-0.39, 0.29) is 5.56 Å². The van der Waals surface area contributed by atoms with Crippen LogP contribution >= 0.6 is 46.3 Å². The number of halogens is 2. The zero-order chi connectivity index (χ0) is 20.0. The molecule has 0 spiro atoms. The lowest BCUT2D eigenvalue weighted by Crippen LogP contribution is -2.21. The molecule has 4 aromatic rings. The fourth-order valence-electron chi connectivity index (χ4n) is 3.70. The normalized spacial score (nSPS) is 13.2. The van der Waals surface area contributed by atoms with Crippen LogP contribution < -0.4 is 5.56 Å². The zero-order valence-corrected chi connectivity index (χ0v) is 18.5. The molecule has 0 saturated carbocycles. The lowest BCUT2D eigenvalue weighted by atomic mass is 10.2. The molecule has 0 atom stereocenters. The molecule has 0 radical (unpaired) electrons. The number of aryl methyl sites for hydroxylation is 2. The summed E-state index contributed by atoms with van der Waals surface area (Å²) in [6, 6.07) is 15.1.